The van der Waals surface area contributed by atoms with Crippen molar-refractivity contribution in [3.05, 3.63) is 28.8 Å². The standard InChI is InChI=1S/C12H20N2O/c1-8-5-9(7-14-13)6-10(11(8)15)12(2,3)4/h5-6,14-15H,7,13H2,1-4H3. The van der Waals surface area contributed by atoms with Gasteiger partial charge in [0.05, 0.1) is 0 Å². The van der Waals surface area contributed by atoms with Gasteiger partial charge in [0, 0.05) is 6.54 Å². The molecule has 0 aliphatic heterocycles. The van der Waals surface area contributed by atoms with E-state index in [2.05, 4.69) is 26.2 Å². The molecule has 0 amide bonds. The van der Waals surface area contributed by atoms with Crippen molar-refractivity contribution >= 4 is 0 Å². The number of hydrogen-bond donors (Lipinski definition) is 3. The fourth-order valence-electron chi connectivity index (χ4n) is 1.65. The van der Waals surface area contributed by atoms with Crippen LogP contribution in [0.15, 0.2) is 12.1 Å². The molecule has 4 N–H and O–H groups in total. The first-order chi connectivity index (χ1) is 6.86. The third kappa shape index (κ3) is 2.70. The van der Waals surface area contributed by atoms with E-state index in [0.29, 0.717) is 12.3 Å². The summed E-state index contributed by atoms with van der Waals surface area (Å²) in [5.41, 5.74) is 5.53. The number of aromatic hydroxyl groups is 1. The van der Waals surface area contributed by atoms with Gasteiger partial charge in [-0.25, -0.2) is 0 Å². The van der Waals surface area contributed by atoms with Crippen LogP contribution in [0.25, 0.3) is 0 Å². The van der Waals surface area contributed by atoms with Gasteiger partial charge in [0.25, 0.3) is 0 Å². The highest BCUT2D eigenvalue weighted by Gasteiger charge is 2.19. The van der Waals surface area contributed by atoms with E-state index in [1.807, 2.05) is 19.1 Å². The quantitative estimate of drug-likeness (QED) is 0.514. The molecule has 0 spiro atoms. The summed E-state index contributed by atoms with van der Waals surface area (Å²) in [7, 11) is 0. The molecule has 0 aliphatic carbocycles. The molecule has 1 rings (SSSR count). The zero-order valence-electron chi connectivity index (χ0n) is 9.89. The molecule has 0 saturated heterocycles. The van der Waals surface area contributed by atoms with Gasteiger partial charge in [-0.1, -0.05) is 32.9 Å². The molecule has 0 aliphatic rings. The zero-order chi connectivity index (χ0) is 11.6. The number of hydrazine groups is 1. The van der Waals surface area contributed by atoms with Crippen molar-refractivity contribution in [1.82, 2.24) is 5.43 Å². The molecule has 84 valence electrons. The van der Waals surface area contributed by atoms with Gasteiger partial charge in [-0.2, -0.15) is 0 Å². The van der Waals surface area contributed by atoms with Gasteiger partial charge in [-0.05, 0) is 29.0 Å². The van der Waals surface area contributed by atoms with Crippen LogP contribution in [0.1, 0.15) is 37.5 Å². The molecule has 1 aromatic rings. The molecule has 0 heterocycles. The minimum Gasteiger partial charge on any atom is -0.507 e. The van der Waals surface area contributed by atoms with Gasteiger partial charge < -0.3 is 5.11 Å². The van der Waals surface area contributed by atoms with Crippen LogP contribution in [-0.2, 0) is 12.0 Å². The first-order valence-electron chi connectivity index (χ1n) is 5.12. The molecule has 0 radical (unpaired) electrons. The molecule has 15 heavy (non-hydrogen) atoms. The summed E-state index contributed by atoms with van der Waals surface area (Å²) in [6.07, 6.45) is 0. The number of phenols is 1. The summed E-state index contributed by atoms with van der Waals surface area (Å²) in [4.78, 5) is 0. The van der Waals surface area contributed by atoms with Crippen LogP contribution in [0.3, 0.4) is 0 Å². The molecule has 0 bridgehead atoms. The first kappa shape index (κ1) is 12.0. The second-order valence-corrected chi connectivity index (χ2v) is 4.94. The minimum atomic E-state index is -0.0561. The Morgan fingerprint density at radius 1 is 1.33 bits per heavy atom. The van der Waals surface area contributed by atoms with Gasteiger partial charge >= 0.3 is 0 Å². The van der Waals surface area contributed by atoms with Crippen LogP contribution in [0, 0.1) is 6.92 Å². The number of nitrogens with two attached hydrogens (primary N) is 1. The Morgan fingerprint density at radius 3 is 2.40 bits per heavy atom. The monoisotopic (exact) mass is 208 g/mol. The van der Waals surface area contributed by atoms with Gasteiger partial charge in [0.15, 0.2) is 0 Å². The van der Waals surface area contributed by atoms with Crippen LogP contribution in [0.4, 0.5) is 0 Å². The molecular formula is C12H20N2O. The highest BCUT2D eigenvalue weighted by molar-refractivity contribution is 5.46. The smallest absolute Gasteiger partial charge is 0.122 e. The van der Waals surface area contributed by atoms with Crippen LogP contribution in [0.2, 0.25) is 0 Å². The van der Waals surface area contributed by atoms with E-state index in [1.54, 1.807) is 0 Å². The average molecular weight is 208 g/mol. The van der Waals surface area contributed by atoms with Crippen molar-refractivity contribution < 1.29 is 5.11 Å². The van der Waals surface area contributed by atoms with Gasteiger partial charge in [0.2, 0.25) is 0 Å². The molecule has 0 fully saturated rings. The molecule has 0 aromatic heterocycles. The zero-order valence-corrected chi connectivity index (χ0v) is 9.89. The van der Waals surface area contributed by atoms with Crippen molar-refractivity contribution in [3.63, 3.8) is 0 Å². The van der Waals surface area contributed by atoms with Gasteiger partial charge in [-0.15, -0.1) is 0 Å². The lowest BCUT2D eigenvalue weighted by Gasteiger charge is -2.22. The van der Waals surface area contributed by atoms with Crippen molar-refractivity contribution in [2.75, 3.05) is 0 Å². The number of nitrogens with one attached hydrogen (secondary N) is 1. The molecule has 0 unspecified atom stereocenters. The Labute approximate surface area is 91.3 Å². The van der Waals surface area contributed by atoms with E-state index in [9.17, 15) is 5.11 Å². The Bertz CT molecular complexity index is 353. The third-order valence-electron chi connectivity index (χ3n) is 2.47. The minimum absolute atomic E-state index is 0.0561. The van der Waals surface area contributed by atoms with E-state index in [4.69, 9.17) is 5.84 Å². The molecule has 1 aromatic carbocycles. The lowest BCUT2D eigenvalue weighted by atomic mass is 9.84. The summed E-state index contributed by atoms with van der Waals surface area (Å²) < 4.78 is 0. The molecule has 3 nitrogen and oxygen atoms in total. The van der Waals surface area contributed by atoms with Crippen LogP contribution >= 0.6 is 0 Å². The van der Waals surface area contributed by atoms with Gasteiger partial charge in [-0.3, -0.25) is 11.3 Å². The summed E-state index contributed by atoms with van der Waals surface area (Å²) in [6, 6.07) is 3.95. The first-order valence-corrected chi connectivity index (χ1v) is 5.12. The van der Waals surface area contributed by atoms with E-state index in [1.165, 1.54) is 0 Å². The van der Waals surface area contributed by atoms with Crippen LogP contribution in [0.5, 0.6) is 5.75 Å². The topological polar surface area (TPSA) is 58.3 Å². The second kappa shape index (κ2) is 4.21. The molecular weight excluding hydrogens is 188 g/mol. The van der Waals surface area contributed by atoms with Crippen LogP contribution in [-0.4, -0.2) is 5.11 Å². The highest BCUT2D eigenvalue weighted by Crippen LogP contribution is 2.33. The summed E-state index contributed by atoms with van der Waals surface area (Å²) in [5.74, 6) is 5.69. The van der Waals surface area contributed by atoms with Crippen LogP contribution < -0.4 is 11.3 Å². The number of benzene rings is 1. The number of hydrogen-bond acceptors (Lipinski definition) is 3. The number of aryl methyl sites for hydroxylation is 1. The average Bonchev–Trinajstić information content (AvgIpc) is 2.09. The second-order valence-electron chi connectivity index (χ2n) is 4.94. The predicted octanol–water partition coefficient (Wildman–Crippen LogP) is 1.96. The third-order valence-corrected chi connectivity index (χ3v) is 2.47. The Hall–Kier alpha value is -1.06. The fourth-order valence-corrected chi connectivity index (χ4v) is 1.65. The fraction of sp³-hybridized carbons (Fsp3) is 0.500. The lowest BCUT2D eigenvalue weighted by molar-refractivity contribution is 0.442. The molecule has 0 saturated carbocycles. The largest absolute Gasteiger partial charge is 0.507 e. The van der Waals surface area contributed by atoms with Gasteiger partial charge in [0.1, 0.15) is 5.75 Å². The van der Waals surface area contributed by atoms with Crippen molar-refractivity contribution in [3.8, 4) is 5.75 Å². The van der Waals surface area contributed by atoms with E-state index in [0.717, 1.165) is 16.7 Å². The Kier molecular flexibility index (Phi) is 3.37. The predicted molar refractivity (Wildman–Crippen MR) is 62.6 cm³/mol. The number of rotatable bonds is 2. The maximum absolute atomic E-state index is 9.97. The summed E-state index contributed by atoms with van der Waals surface area (Å²) in [6.45, 7) is 8.78. The number of phenolic OH excluding ortho intramolecular Hbond substituents is 1. The lowest BCUT2D eigenvalue weighted by Crippen LogP contribution is -2.21. The van der Waals surface area contributed by atoms with E-state index >= 15 is 0 Å². The normalized spacial score (nSPS) is 11.8. The molecule has 0 atom stereocenters. The highest BCUT2D eigenvalue weighted by atomic mass is 16.3. The van der Waals surface area contributed by atoms with Crippen molar-refractivity contribution in [2.24, 2.45) is 5.84 Å². The van der Waals surface area contributed by atoms with E-state index < -0.39 is 0 Å². The van der Waals surface area contributed by atoms with E-state index in [-0.39, 0.29) is 5.41 Å². The maximum atomic E-state index is 9.97. The summed E-state index contributed by atoms with van der Waals surface area (Å²) >= 11 is 0. The van der Waals surface area contributed by atoms with Crippen molar-refractivity contribution in [1.29, 1.82) is 0 Å². The van der Waals surface area contributed by atoms with Crippen molar-refractivity contribution in [2.45, 2.75) is 39.7 Å². The Morgan fingerprint density at radius 2 is 1.93 bits per heavy atom. The summed E-state index contributed by atoms with van der Waals surface area (Å²) in [5, 5.41) is 9.97. The maximum Gasteiger partial charge on any atom is 0.122 e. The SMILES string of the molecule is Cc1cc(CNN)cc(C(C)(C)C)c1O. The Balaban J connectivity index is 3.25. The molecule has 3 heteroatoms.